The van der Waals surface area contributed by atoms with Crippen molar-refractivity contribution in [2.45, 2.75) is 33.7 Å². The van der Waals surface area contributed by atoms with Crippen molar-refractivity contribution in [3.8, 4) is 11.3 Å². The molecule has 0 spiro atoms. The van der Waals surface area contributed by atoms with E-state index in [0.29, 0.717) is 22.3 Å². The fourth-order valence-corrected chi connectivity index (χ4v) is 4.92. The zero-order valence-corrected chi connectivity index (χ0v) is 19.7. The molecule has 0 atom stereocenters. The smallest absolute Gasteiger partial charge is 0.258 e. The third kappa shape index (κ3) is 3.65. The van der Waals surface area contributed by atoms with Crippen LogP contribution in [0.1, 0.15) is 40.0 Å². The molecule has 5 aromatic rings. The van der Waals surface area contributed by atoms with Gasteiger partial charge >= 0.3 is 0 Å². The number of amides is 1. The van der Waals surface area contributed by atoms with E-state index >= 15 is 0 Å². The summed E-state index contributed by atoms with van der Waals surface area (Å²) in [6, 6.07) is 6.18. The van der Waals surface area contributed by atoms with E-state index in [0.717, 1.165) is 21.4 Å². The minimum Gasteiger partial charge on any atom is -0.319 e. The first-order chi connectivity index (χ1) is 16.2. The van der Waals surface area contributed by atoms with Crippen LogP contribution in [0.15, 0.2) is 41.6 Å². The third-order valence-electron chi connectivity index (χ3n) is 5.59. The molecule has 4 aromatic heterocycles. The van der Waals surface area contributed by atoms with Crippen LogP contribution in [0, 0.1) is 19.7 Å². The van der Waals surface area contributed by atoms with Gasteiger partial charge in [0.2, 0.25) is 0 Å². The Morgan fingerprint density at radius 2 is 1.97 bits per heavy atom. The van der Waals surface area contributed by atoms with E-state index in [9.17, 15) is 14.0 Å². The number of nitrogens with zero attached hydrogens (tertiary/aromatic N) is 4. The molecule has 0 saturated carbocycles. The summed E-state index contributed by atoms with van der Waals surface area (Å²) in [7, 11) is 0. The quantitative estimate of drug-likeness (QED) is 0.380. The van der Waals surface area contributed by atoms with Crippen molar-refractivity contribution >= 4 is 44.9 Å². The number of benzene rings is 1. The van der Waals surface area contributed by atoms with Gasteiger partial charge < -0.3 is 10.3 Å². The van der Waals surface area contributed by atoms with Crippen LogP contribution in [0.4, 0.5) is 10.1 Å². The minimum atomic E-state index is -0.688. The summed E-state index contributed by atoms with van der Waals surface area (Å²) >= 11 is 1.65. The Kier molecular flexibility index (Phi) is 5.24. The number of fused-ring (bicyclic) bond motifs is 2. The summed E-state index contributed by atoms with van der Waals surface area (Å²) in [6.07, 6.45) is 2.80. The van der Waals surface area contributed by atoms with Gasteiger partial charge in [-0.05, 0) is 45.9 Å². The summed E-state index contributed by atoms with van der Waals surface area (Å²) in [5, 5.41) is 7.78. The molecule has 0 radical (unpaired) electrons. The van der Waals surface area contributed by atoms with Gasteiger partial charge in [-0.1, -0.05) is 0 Å². The van der Waals surface area contributed by atoms with Crippen molar-refractivity contribution in [2.75, 3.05) is 5.32 Å². The maximum Gasteiger partial charge on any atom is 0.258 e. The Morgan fingerprint density at radius 3 is 2.68 bits per heavy atom. The molecular weight excluding hydrogens is 455 g/mol. The van der Waals surface area contributed by atoms with Gasteiger partial charge in [0, 0.05) is 27.4 Å². The molecule has 5 rings (SSSR count). The van der Waals surface area contributed by atoms with Crippen LogP contribution in [-0.2, 0) is 0 Å². The Morgan fingerprint density at radius 1 is 1.18 bits per heavy atom. The Balaban J connectivity index is 1.66. The second-order valence-corrected chi connectivity index (χ2v) is 9.80. The molecule has 2 N–H and O–H groups in total. The normalized spacial score (nSPS) is 11.6. The molecule has 10 heteroatoms. The summed E-state index contributed by atoms with van der Waals surface area (Å²) < 4.78 is 16.5. The van der Waals surface area contributed by atoms with E-state index in [1.165, 1.54) is 12.4 Å². The van der Waals surface area contributed by atoms with Gasteiger partial charge in [0.15, 0.2) is 5.65 Å². The fraction of sp³-hybridized carbons (Fsp3) is 0.208. The van der Waals surface area contributed by atoms with Crippen LogP contribution < -0.4 is 10.9 Å². The second kappa shape index (κ2) is 8.14. The molecule has 1 amide bonds. The molecule has 0 bridgehead atoms. The van der Waals surface area contributed by atoms with E-state index < -0.39 is 17.3 Å². The first-order valence-corrected chi connectivity index (χ1v) is 11.5. The molecule has 0 saturated heterocycles. The van der Waals surface area contributed by atoms with Crippen molar-refractivity contribution in [2.24, 2.45) is 0 Å². The standard InChI is InChI=1S/C24H21FN6O2S/c1-11(2)31-22-17(9-28-31)15(6-20(29-22)14-5-12(3)34-13(14)4)24(33)30-21-7-16-19(8-18(21)25)26-10-27-23(16)32/h5-11H,1-4H3,(H,30,33)(H,26,27,32). The maximum absolute atomic E-state index is 14.8. The van der Waals surface area contributed by atoms with Crippen molar-refractivity contribution in [1.82, 2.24) is 24.7 Å². The van der Waals surface area contributed by atoms with Crippen molar-refractivity contribution in [1.29, 1.82) is 0 Å². The second-order valence-electron chi connectivity index (χ2n) is 8.34. The number of hydrogen-bond acceptors (Lipinski definition) is 6. The fourth-order valence-electron chi connectivity index (χ4n) is 3.98. The van der Waals surface area contributed by atoms with Gasteiger partial charge in [-0.3, -0.25) is 9.59 Å². The first-order valence-electron chi connectivity index (χ1n) is 10.7. The van der Waals surface area contributed by atoms with Crippen LogP contribution in [0.2, 0.25) is 0 Å². The number of rotatable bonds is 4. The Bertz CT molecular complexity index is 1650. The van der Waals surface area contributed by atoms with E-state index in [4.69, 9.17) is 4.98 Å². The zero-order valence-electron chi connectivity index (χ0n) is 18.9. The zero-order chi connectivity index (χ0) is 24.1. The van der Waals surface area contributed by atoms with E-state index in [2.05, 4.69) is 20.4 Å². The number of carbonyl (C=O) groups excluding carboxylic acids is 1. The van der Waals surface area contributed by atoms with Gasteiger partial charge in [-0.15, -0.1) is 11.3 Å². The predicted molar refractivity (Wildman–Crippen MR) is 131 cm³/mol. The maximum atomic E-state index is 14.8. The topological polar surface area (TPSA) is 106 Å². The molecule has 4 heterocycles. The highest BCUT2D eigenvalue weighted by atomic mass is 32.1. The lowest BCUT2D eigenvalue weighted by Gasteiger charge is -2.12. The Hall–Kier alpha value is -3.92. The van der Waals surface area contributed by atoms with Crippen molar-refractivity contribution in [3.63, 3.8) is 0 Å². The molecule has 172 valence electrons. The number of aromatic nitrogens is 5. The summed E-state index contributed by atoms with van der Waals surface area (Å²) in [6.45, 7) is 7.99. The van der Waals surface area contributed by atoms with Crippen molar-refractivity contribution < 1.29 is 9.18 Å². The SMILES string of the molecule is Cc1cc(-c2cc(C(=O)Nc3cc4c(=O)[nH]cnc4cc3F)c3cnn(C(C)C)c3n2)c(C)s1. The molecule has 0 fully saturated rings. The molecule has 0 aliphatic carbocycles. The number of pyridine rings is 1. The highest BCUT2D eigenvalue weighted by molar-refractivity contribution is 7.12. The van der Waals surface area contributed by atoms with Gasteiger partial charge in [0.1, 0.15) is 5.82 Å². The number of thiophene rings is 1. The molecule has 0 unspecified atom stereocenters. The third-order valence-corrected chi connectivity index (χ3v) is 6.56. The van der Waals surface area contributed by atoms with Gasteiger partial charge in [-0.2, -0.15) is 5.10 Å². The number of aryl methyl sites for hydroxylation is 2. The lowest BCUT2D eigenvalue weighted by atomic mass is 10.1. The lowest BCUT2D eigenvalue weighted by molar-refractivity contribution is 0.102. The number of halogens is 1. The van der Waals surface area contributed by atoms with Crippen LogP contribution >= 0.6 is 11.3 Å². The highest BCUT2D eigenvalue weighted by Gasteiger charge is 2.21. The summed E-state index contributed by atoms with van der Waals surface area (Å²) in [4.78, 5) is 39.0. The number of nitrogens with one attached hydrogen (secondary N) is 2. The molecule has 1 aromatic carbocycles. The molecular formula is C24H21FN6O2S. The number of carbonyl (C=O) groups is 1. The van der Waals surface area contributed by atoms with Gasteiger partial charge in [-0.25, -0.2) is 19.0 Å². The highest BCUT2D eigenvalue weighted by Crippen LogP contribution is 2.33. The average Bonchev–Trinajstić information content (AvgIpc) is 3.36. The molecule has 8 nitrogen and oxygen atoms in total. The van der Waals surface area contributed by atoms with Gasteiger partial charge in [0.25, 0.3) is 11.5 Å². The van der Waals surface area contributed by atoms with Crippen LogP contribution in [-0.4, -0.2) is 30.6 Å². The van der Waals surface area contributed by atoms with Gasteiger partial charge in [0.05, 0.1) is 45.8 Å². The van der Waals surface area contributed by atoms with E-state index in [-0.39, 0.29) is 22.6 Å². The van der Waals surface area contributed by atoms with Crippen molar-refractivity contribution in [3.05, 3.63) is 68.3 Å². The van der Waals surface area contributed by atoms with Crippen LogP contribution in [0.5, 0.6) is 0 Å². The Labute approximate surface area is 197 Å². The monoisotopic (exact) mass is 476 g/mol. The summed E-state index contributed by atoms with van der Waals surface area (Å²) in [5.74, 6) is -1.22. The van der Waals surface area contributed by atoms with Crippen LogP contribution in [0.25, 0.3) is 33.2 Å². The molecule has 0 aliphatic rings. The number of H-pyrrole nitrogens is 1. The average molecular weight is 477 g/mol. The molecule has 34 heavy (non-hydrogen) atoms. The number of hydrogen-bond donors (Lipinski definition) is 2. The summed E-state index contributed by atoms with van der Waals surface area (Å²) in [5.41, 5.74) is 2.13. The van der Waals surface area contributed by atoms with E-state index in [1.807, 2.05) is 33.8 Å². The minimum absolute atomic E-state index is 0.0265. The first kappa shape index (κ1) is 21.9. The largest absolute Gasteiger partial charge is 0.319 e. The van der Waals surface area contributed by atoms with Crippen LogP contribution in [0.3, 0.4) is 0 Å². The molecule has 0 aliphatic heterocycles. The lowest BCUT2D eigenvalue weighted by Crippen LogP contribution is -2.15. The number of aromatic amines is 1. The number of anilines is 1. The predicted octanol–water partition coefficient (Wildman–Crippen LogP) is 4.99. The van der Waals surface area contributed by atoms with E-state index in [1.54, 1.807) is 28.3 Å².